The fourth-order valence-electron chi connectivity index (χ4n) is 2.79. The van der Waals surface area contributed by atoms with Crippen LogP contribution in [0.1, 0.15) is 19.4 Å². The third-order valence-electron chi connectivity index (χ3n) is 4.52. The summed E-state index contributed by atoms with van der Waals surface area (Å²) in [6.45, 7) is 4.31. The number of amides is 1. The molecule has 0 saturated carbocycles. The van der Waals surface area contributed by atoms with E-state index in [1.54, 1.807) is 55.2 Å². The zero-order valence-electron chi connectivity index (χ0n) is 16.4. The normalized spacial score (nSPS) is 11.6. The number of rotatable bonds is 8. The molecule has 0 aliphatic rings. The molecule has 8 heteroatoms. The van der Waals surface area contributed by atoms with Gasteiger partial charge in [-0.25, -0.2) is 8.42 Å². The maximum atomic E-state index is 12.2. The smallest absolute Gasteiger partial charge is 0.224 e. The summed E-state index contributed by atoms with van der Waals surface area (Å²) in [5.41, 5.74) is 2.62. The predicted molar refractivity (Wildman–Crippen MR) is 111 cm³/mol. The summed E-state index contributed by atoms with van der Waals surface area (Å²) in [5, 5.41) is 6.88. The Morgan fingerprint density at radius 3 is 2.41 bits per heavy atom. The molecule has 2 heterocycles. The largest absolute Gasteiger partial charge is 0.354 e. The molecule has 0 aliphatic carbocycles. The van der Waals surface area contributed by atoms with Gasteiger partial charge in [0.2, 0.25) is 5.91 Å². The van der Waals surface area contributed by atoms with E-state index in [2.05, 4.69) is 15.4 Å². The van der Waals surface area contributed by atoms with Gasteiger partial charge in [-0.15, -0.1) is 0 Å². The Kier molecular flexibility index (Phi) is 6.43. The highest BCUT2D eigenvalue weighted by Crippen LogP contribution is 2.17. The minimum atomic E-state index is -3.30. The van der Waals surface area contributed by atoms with Crippen LogP contribution >= 0.6 is 0 Å². The highest BCUT2D eigenvalue weighted by Gasteiger charge is 2.18. The average molecular weight is 413 g/mol. The summed E-state index contributed by atoms with van der Waals surface area (Å²) in [4.78, 5) is 16.4. The van der Waals surface area contributed by atoms with Crippen molar-refractivity contribution in [1.29, 1.82) is 0 Å². The molecule has 0 aliphatic heterocycles. The predicted octanol–water partition coefficient (Wildman–Crippen LogP) is 2.49. The summed E-state index contributed by atoms with van der Waals surface area (Å²) in [7, 11) is -3.30. The Bertz CT molecular complexity index is 1060. The van der Waals surface area contributed by atoms with Gasteiger partial charge in [0.05, 0.1) is 28.8 Å². The number of hydrogen-bond donors (Lipinski definition) is 1. The quantitative estimate of drug-likeness (QED) is 0.613. The molecular formula is C21H24N4O3S. The lowest BCUT2D eigenvalue weighted by atomic mass is 10.1. The summed E-state index contributed by atoms with van der Waals surface area (Å²) >= 11 is 0. The first-order valence-corrected chi connectivity index (χ1v) is 10.9. The molecule has 0 bridgehead atoms. The molecule has 152 valence electrons. The van der Waals surface area contributed by atoms with E-state index in [4.69, 9.17) is 0 Å². The van der Waals surface area contributed by atoms with Crippen LogP contribution in [0, 0.1) is 0 Å². The summed E-state index contributed by atoms with van der Waals surface area (Å²) < 4.78 is 26.1. The standard InChI is InChI=1S/C21H24N4O3S/c1-16(2)29(27,28)19-5-3-17(4-6-19)15-21(26)23-12-14-25-13-9-20(24-25)18-7-10-22-11-8-18/h3-11,13,16H,12,14-15H2,1-2H3,(H,23,26). The summed E-state index contributed by atoms with van der Waals surface area (Å²) in [6.07, 6.45) is 5.51. The molecule has 1 N–H and O–H groups in total. The van der Waals surface area contributed by atoms with Crippen LogP contribution in [0.3, 0.4) is 0 Å². The van der Waals surface area contributed by atoms with E-state index in [0.717, 1.165) is 16.8 Å². The topological polar surface area (TPSA) is 94.0 Å². The van der Waals surface area contributed by atoms with Gasteiger partial charge in [-0.1, -0.05) is 12.1 Å². The number of carbonyl (C=O) groups excluding carboxylic acids is 1. The third-order valence-corrected chi connectivity index (χ3v) is 6.69. The van der Waals surface area contributed by atoms with Gasteiger partial charge in [0.1, 0.15) is 0 Å². The molecule has 7 nitrogen and oxygen atoms in total. The van der Waals surface area contributed by atoms with Gasteiger partial charge in [-0.05, 0) is 49.7 Å². The van der Waals surface area contributed by atoms with E-state index in [0.29, 0.717) is 13.1 Å². The second-order valence-corrected chi connectivity index (χ2v) is 9.47. The molecule has 3 rings (SSSR count). The first kappa shape index (κ1) is 20.7. The van der Waals surface area contributed by atoms with Crippen LogP contribution < -0.4 is 5.32 Å². The molecule has 2 aromatic heterocycles. The number of pyridine rings is 1. The first-order valence-electron chi connectivity index (χ1n) is 9.39. The zero-order valence-corrected chi connectivity index (χ0v) is 17.3. The number of hydrogen-bond acceptors (Lipinski definition) is 5. The minimum Gasteiger partial charge on any atom is -0.354 e. The van der Waals surface area contributed by atoms with Gasteiger partial charge in [0, 0.05) is 30.7 Å². The molecule has 0 atom stereocenters. The van der Waals surface area contributed by atoms with Crippen molar-refractivity contribution in [2.75, 3.05) is 6.54 Å². The van der Waals surface area contributed by atoms with Crippen molar-refractivity contribution in [3.63, 3.8) is 0 Å². The lowest BCUT2D eigenvalue weighted by Gasteiger charge is -2.09. The van der Waals surface area contributed by atoms with Crippen LogP contribution in [-0.4, -0.2) is 40.9 Å². The van der Waals surface area contributed by atoms with E-state index in [9.17, 15) is 13.2 Å². The second kappa shape index (κ2) is 9.00. The third kappa shape index (κ3) is 5.29. The van der Waals surface area contributed by atoms with Gasteiger partial charge in [-0.2, -0.15) is 5.10 Å². The maximum Gasteiger partial charge on any atom is 0.224 e. The fraction of sp³-hybridized carbons (Fsp3) is 0.286. The molecule has 1 aromatic carbocycles. The molecular weight excluding hydrogens is 388 g/mol. The van der Waals surface area contributed by atoms with Crippen molar-refractivity contribution >= 4 is 15.7 Å². The summed E-state index contributed by atoms with van der Waals surface area (Å²) in [6, 6.07) is 12.2. The van der Waals surface area contributed by atoms with E-state index in [1.807, 2.05) is 24.4 Å². The SMILES string of the molecule is CC(C)S(=O)(=O)c1ccc(CC(=O)NCCn2ccc(-c3ccncc3)n2)cc1. The van der Waals surface area contributed by atoms with Crippen molar-refractivity contribution in [2.45, 2.75) is 37.0 Å². The molecule has 0 radical (unpaired) electrons. The first-order chi connectivity index (χ1) is 13.9. The van der Waals surface area contributed by atoms with Crippen molar-refractivity contribution in [1.82, 2.24) is 20.1 Å². The highest BCUT2D eigenvalue weighted by molar-refractivity contribution is 7.92. The van der Waals surface area contributed by atoms with Crippen LogP contribution in [0.4, 0.5) is 0 Å². The second-order valence-electron chi connectivity index (χ2n) is 6.96. The van der Waals surface area contributed by atoms with Crippen LogP contribution in [0.15, 0.2) is 66.0 Å². The van der Waals surface area contributed by atoms with Gasteiger partial charge in [0.25, 0.3) is 0 Å². The van der Waals surface area contributed by atoms with E-state index in [1.165, 1.54) is 0 Å². The van der Waals surface area contributed by atoms with E-state index in [-0.39, 0.29) is 17.2 Å². The number of sulfone groups is 1. The van der Waals surface area contributed by atoms with Gasteiger partial charge in [0.15, 0.2) is 9.84 Å². The van der Waals surface area contributed by atoms with Crippen LogP contribution in [0.5, 0.6) is 0 Å². The van der Waals surface area contributed by atoms with Crippen molar-refractivity contribution < 1.29 is 13.2 Å². The molecule has 0 unspecified atom stereocenters. The zero-order chi connectivity index (χ0) is 20.9. The van der Waals surface area contributed by atoms with Crippen molar-refractivity contribution in [3.05, 3.63) is 66.6 Å². The summed E-state index contributed by atoms with van der Waals surface area (Å²) in [5.74, 6) is -0.119. The Labute approximate surface area is 170 Å². The number of carbonyl (C=O) groups is 1. The number of aromatic nitrogens is 3. The van der Waals surface area contributed by atoms with Gasteiger partial charge < -0.3 is 5.32 Å². The Morgan fingerprint density at radius 2 is 1.76 bits per heavy atom. The molecule has 29 heavy (non-hydrogen) atoms. The number of benzene rings is 1. The van der Waals surface area contributed by atoms with Crippen LogP contribution in [-0.2, 0) is 27.6 Å². The Balaban J connectivity index is 1.49. The average Bonchev–Trinajstić information content (AvgIpc) is 3.18. The minimum absolute atomic E-state index is 0.119. The lowest BCUT2D eigenvalue weighted by Crippen LogP contribution is -2.28. The van der Waals surface area contributed by atoms with Crippen LogP contribution in [0.25, 0.3) is 11.3 Å². The number of nitrogens with zero attached hydrogens (tertiary/aromatic N) is 3. The van der Waals surface area contributed by atoms with Gasteiger partial charge in [-0.3, -0.25) is 14.5 Å². The van der Waals surface area contributed by atoms with Gasteiger partial charge >= 0.3 is 0 Å². The maximum absolute atomic E-state index is 12.2. The highest BCUT2D eigenvalue weighted by atomic mass is 32.2. The molecule has 0 fully saturated rings. The molecule has 1 amide bonds. The molecule has 0 saturated heterocycles. The van der Waals surface area contributed by atoms with E-state index < -0.39 is 15.1 Å². The van der Waals surface area contributed by atoms with Crippen molar-refractivity contribution in [3.8, 4) is 11.3 Å². The van der Waals surface area contributed by atoms with E-state index >= 15 is 0 Å². The number of nitrogens with one attached hydrogen (secondary N) is 1. The lowest BCUT2D eigenvalue weighted by molar-refractivity contribution is -0.120. The van der Waals surface area contributed by atoms with Crippen LogP contribution in [0.2, 0.25) is 0 Å². The van der Waals surface area contributed by atoms with Crippen molar-refractivity contribution in [2.24, 2.45) is 0 Å². The molecule has 0 spiro atoms. The monoisotopic (exact) mass is 412 g/mol. The Hall–Kier alpha value is -3.00. The Morgan fingerprint density at radius 1 is 1.07 bits per heavy atom. The molecule has 3 aromatic rings. The fourth-order valence-corrected chi connectivity index (χ4v) is 3.85.